The van der Waals surface area contributed by atoms with E-state index in [9.17, 15) is 87.8 Å². The molecule has 0 aliphatic carbocycles. The summed E-state index contributed by atoms with van der Waals surface area (Å²) in [7, 11) is 0. The van der Waals surface area contributed by atoms with Gasteiger partial charge in [-0.3, -0.25) is 0 Å². The van der Waals surface area contributed by atoms with E-state index in [1.165, 1.54) is 0 Å². The molecule has 2 rings (SSSR count). The Bertz CT molecular complexity index is 1180. The van der Waals surface area contributed by atoms with Gasteiger partial charge >= 0.3 is 59.6 Å². The van der Waals surface area contributed by atoms with Crippen LogP contribution in [0.1, 0.15) is 0 Å². The first-order valence-electron chi connectivity index (χ1n) is 10.7. The molecule has 2 nitrogen and oxygen atoms in total. The maximum absolute atomic E-state index is 14.0. The predicted octanol–water partition coefficient (Wildman–Crippen LogP) is 9.41. The molecule has 0 radical (unpaired) electrons. The second-order valence-corrected chi connectivity index (χ2v) is 8.46. The molecule has 44 heavy (non-hydrogen) atoms. The molecule has 0 aliphatic heterocycles. The lowest BCUT2D eigenvalue weighted by Gasteiger charge is -2.44. The van der Waals surface area contributed by atoms with Crippen molar-refractivity contribution in [2.24, 2.45) is 0 Å². The Kier molecular flexibility index (Phi) is 8.89. The maximum atomic E-state index is 14.0. The Morgan fingerprint density at radius 3 is 0.659 bits per heavy atom. The first-order chi connectivity index (χ1) is 19.4. The molecule has 0 aliphatic rings. The van der Waals surface area contributed by atoms with Crippen molar-refractivity contribution in [3.8, 4) is 11.5 Å². The molecule has 22 heteroatoms. The molecule has 0 amide bonds. The van der Waals surface area contributed by atoms with Crippen LogP contribution < -0.4 is 9.47 Å². The van der Waals surface area contributed by atoms with E-state index in [0.717, 1.165) is 12.1 Å². The average molecular weight is 686 g/mol. The van der Waals surface area contributed by atoms with E-state index in [2.05, 4.69) is 9.47 Å². The van der Waals surface area contributed by atoms with Gasteiger partial charge in [0.25, 0.3) is 0 Å². The number of para-hydroxylation sites is 2. The molecule has 250 valence electrons. The zero-order valence-corrected chi connectivity index (χ0v) is 20.1. The minimum absolute atomic E-state index is 0.239. The molecular formula is C22H10F20O2. The van der Waals surface area contributed by atoms with Crippen LogP contribution in [0.25, 0.3) is 0 Å². The molecule has 0 saturated carbocycles. The van der Waals surface area contributed by atoms with Crippen LogP contribution in [0.15, 0.2) is 60.7 Å². The van der Waals surface area contributed by atoms with Crippen molar-refractivity contribution in [2.45, 2.75) is 59.6 Å². The van der Waals surface area contributed by atoms with Gasteiger partial charge in [0.1, 0.15) is 11.5 Å². The zero-order valence-electron chi connectivity index (χ0n) is 20.1. The van der Waals surface area contributed by atoms with Crippen LogP contribution in [0.3, 0.4) is 0 Å². The van der Waals surface area contributed by atoms with Crippen LogP contribution in [-0.4, -0.2) is 59.6 Å². The van der Waals surface area contributed by atoms with E-state index in [1.807, 2.05) is 0 Å². The molecule has 0 bridgehead atoms. The number of rotatable bonds is 13. The first-order valence-corrected chi connectivity index (χ1v) is 10.7. The Hall–Kier alpha value is -3.36. The Labute approximate surface area is 230 Å². The van der Waals surface area contributed by atoms with Crippen molar-refractivity contribution in [3.05, 3.63) is 60.7 Å². The SMILES string of the molecule is FC(F)(Oc1ccccc1)C(F)(F)C(F)(F)C(F)(F)C(F)(F)C(F)(F)C(F)(F)C(F)(F)C(F)(F)C(F)(F)Oc1ccccc1. The summed E-state index contributed by atoms with van der Waals surface area (Å²) in [5, 5.41) is 0. The lowest BCUT2D eigenvalue weighted by Crippen LogP contribution is -2.77. The summed E-state index contributed by atoms with van der Waals surface area (Å²) in [6, 6.07) is 5.41. The van der Waals surface area contributed by atoms with Gasteiger partial charge in [0.15, 0.2) is 0 Å². The molecule has 0 heterocycles. The van der Waals surface area contributed by atoms with E-state index >= 15 is 0 Å². The van der Waals surface area contributed by atoms with E-state index < -0.39 is 71.1 Å². The molecular weight excluding hydrogens is 676 g/mol. The summed E-state index contributed by atoms with van der Waals surface area (Å²) in [5.74, 6) is -73.0. The van der Waals surface area contributed by atoms with Crippen molar-refractivity contribution in [1.82, 2.24) is 0 Å². The van der Waals surface area contributed by atoms with Crippen molar-refractivity contribution in [1.29, 1.82) is 0 Å². The van der Waals surface area contributed by atoms with Gasteiger partial charge in [0, 0.05) is 0 Å². The van der Waals surface area contributed by atoms with Gasteiger partial charge in [-0.15, -0.1) is 0 Å². The fourth-order valence-electron chi connectivity index (χ4n) is 2.95. The summed E-state index contributed by atoms with van der Waals surface area (Å²) in [5.41, 5.74) is 0. The third kappa shape index (κ3) is 5.10. The second-order valence-electron chi connectivity index (χ2n) is 8.46. The number of alkyl halides is 20. The quantitative estimate of drug-likeness (QED) is 0.196. The van der Waals surface area contributed by atoms with Crippen LogP contribution in [-0.2, 0) is 0 Å². The lowest BCUT2D eigenvalue weighted by atomic mass is 9.87. The average Bonchev–Trinajstić information content (AvgIpc) is 2.88. The Balaban J connectivity index is 2.61. The van der Waals surface area contributed by atoms with Crippen molar-refractivity contribution >= 4 is 0 Å². The molecule has 0 atom stereocenters. The van der Waals surface area contributed by atoms with Gasteiger partial charge in [-0.25, -0.2) is 0 Å². The van der Waals surface area contributed by atoms with Crippen LogP contribution in [0.2, 0.25) is 0 Å². The first kappa shape index (κ1) is 36.8. The normalized spacial score (nSPS) is 15.3. The fraction of sp³-hybridized carbons (Fsp3) is 0.455. The summed E-state index contributed by atoms with van der Waals surface area (Å²) in [6.45, 7) is 0. The Morgan fingerprint density at radius 1 is 0.273 bits per heavy atom. The monoisotopic (exact) mass is 686 g/mol. The Morgan fingerprint density at radius 2 is 0.455 bits per heavy atom. The van der Waals surface area contributed by atoms with Gasteiger partial charge in [-0.1, -0.05) is 36.4 Å². The van der Waals surface area contributed by atoms with Gasteiger partial charge in [-0.05, 0) is 24.3 Å². The highest BCUT2D eigenvalue weighted by Gasteiger charge is 2.98. The third-order valence-corrected chi connectivity index (χ3v) is 5.47. The van der Waals surface area contributed by atoms with Crippen molar-refractivity contribution in [2.75, 3.05) is 0 Å². The number of ether oxygens (including phenoxy) is 2. The van der Waals surface area contributed by atoms with E-state index in [0.29, 0.717) is 24.3 Å². The second kappa shape index (κ2) is 10.6. The summed E-state index contributed by atoms with van der Waals surface area (Å²) in [4.78, 5) is 0. The van der Waals surface area contributed by atoms with Gasteiger partial charge in [0.2, 0.25) is 0 Å². The van der Waals surface area contributed by atoms with Crippen molar-refractivity contribution in [3.63, 3.8) is 0 Å². The smallest absolute Gasteiger partial charge is 0.428 e. The van der Waals surface area contributed by atoms with Gasteiger partial charge in [-0.2, -0.15) is 87.8 Å². The molecule has 0 N–H and O–H groups in total. The summed E-state index contributed by atoms with van der Waals surface area (Å²) in [6.07, 6.45) is -14.2. The molecule has 2 aromatic carbocycles. The van der Waals surface area contributed by atoms with Crippen LogP contribution in [0.4, 0.5) is 87.8 Å². The molecule has 2 aromatic rings. The summed E-state index contributed by atoms with van der Waals surface area (Å²) >= 11 is 0. The zero-order chi connectivity index (χ0) is 34.6. The topological polar surface area (TPSA) is 18.5 Å². The number of benzene rings is 2. The van der Waals surface area contributed by atoms with Gasteiger partial charge in [0.05, 0.1) is 0 Å². The van der Waals surface area contributed by atoms with Crippen molar-refractivity contribution < 1.29 is 97.3 Å². The number of halogens is 20. The van der Waals surface area contributed by atoms with Gasteiger partial charge < -0.3 is 9.47 Å². The maximum Gasteiger partial charge on any atom is 0.471 e. The predicted molar refractivity (Wildman–Crippen MR) is 104 cm³/mol. The molecule has 0 saturated heterocycles. The summed E-state index contributed by atoms with van der Waals surface area (Å²) < 4.78 is 285. The fourth-order valence-corrected chi connectivity index (χ4v) is 2.95. The highest BCUT2D eigenvalue weighted by molar-refractivity contribution is 5.24. The molecule has 0 spiro atoms. The standard InChI is InChI=1S/C22H10F20O2/c23-13(24,15(27,28)17(31,32)19(35,36)21(39,40)43-11-7-3-1-4-8-11)14(25,26)16(29,30)18(33,34)20(37,38)22(41,42)44-12-9-5-2-6-10-12/h1-10H. The highest BCUT2D eigenvalue weighted by Crippen LogP contribution is 2.66. The minimum Gasteiger partial charge on any atom is -0.428 e. The third-order valence-electron chi connectivity index (χ3n) is 5.47. The highest BCUT2D eigenvalue weighted by atomic mass is 19.4. The van der Waals surface area contributed by atoms with E-state index in [1.54, 1.807) is 0 Å². The van der Waals surface area contributed by atoms with E-state index in [4.69, 9.17) is 0 Å². The number of hydrogen-bond acceptors (Lipinski definition) is 2. The lowest BCUT2D eigenvalue weighted by molar-refractivity contribution is -0.482. The number of hydrogen-bond donors (Lipinski definition) is 0. The molecule has 0 fully saturated rings. The minimum atomic E-state index is -9.13. The largest absolute Gasteiger partial charge is 0.471 e. The van der Waals surface area contributed by atoms with Crippen LogP contribution in [0.5, 0.6) is 11.5 Å². The molecule has 0 unspecified atom stereocenters. The molecule has 0 aromatic heterocycles. The van der Waals surface area contributed by atoms with Crippen LogP contribution >= 0.6 is 0 Å². The van der Waals surface area contributed by atoms with Crippen LogP contribution in [0, 0.1) is 0 Å². The van der Waals surface area contributed by atoms with E-state index in [-0.39, 0.29) is 24.3 Å².